The van der Waals surface area contributed by atoms with E-state index >= 15 is 0 Å². The highest BCUT2D eigenvalue weighted by atomic mass is 16.4. The number of nitrogens with zero attached hydrogens (tertiary/aromatic N) is 3. The zero-order valence-electron chi connectivity index (χ0n) is 17.7. The second kappa shape index (κ2) is 8.47. The second-order valence-electron chi connectivity index (χ2n) is 8.14. The number of rotatable bonds is 4. The molecule has 160 valence electrons. The molecular formula is C22H28N4O4. The molecule has 0 aromatic carbocycles. The predicted molar refractivity (Wildman–Crippen MR) is 112 cm³/mol. The van der Waals surface area contributed by atoms with E-state index in [2.05, 4.69) is 22.5 Å². The summed E-state index contributed by atoms with van der Waals surface area (Å²) in [6, 6.07) is 3.45. The molecular weight excluding hydrogens is 384 g/mol. The summed E-state index contributed by atoms with van der Waals surface area (Å²) < 4.78 is 11.1. The van der Waals surface area contributed by atoms with Gasteiger partial charge in [-0.2, -0.15) is 5.10 Å². The Morgan fingerprint density at radius 1 is 1.27 bits per heavy atom. The number of carbonyl (C=O) groups excluding carboxylic acids is 2. The number of aryl methyl sites for hydroxylation is 1. The lowest BCUT2D eigenvalue weighted by molar-refractivity contribution is 0.0625. The average molecular weight is 412 g/mol. The number of hydrogen-bond donors (Lipinski definition) is 1. The van der Waals surface area contributed by atoms with Crippen molar-refractivity contribution in [1.29, 1.82) is 0 Å². The van der Waals surface area contributed by atoms with E-state index in [1.54, 1.807) is 12.1 Å². The summed E-state index contributed by atoms with van der Waals surface area (Å²) in [6.07, 6.45) is 5.69. The Balaban J connectivity index is 1.54. The first kappa shape index (κ1) is 20.4. The first-order valence-electron chi connectivity index (χ1n) is 10.4. The maximum absolute atomic E-state index is 13.2. The minimum absolute atomic E-state index is 0.0876. The zero-order valence-corrected chi connectivity index (χ0v) is 17.7. The maximum atomic E-state index is 13.2. The molecule has 2 aromatic rings. The molecule has 3 heterocycles. The third kappa shape index (κ3) is 3.92. The van der Waals surface area contributed by atoms with Gasteiger partial charge in [-0.3, -0.25) is 9.59 Å². The van der Waals surface area contributed by atoms with E-state index in [9.17, 15) is 9.59 Å². The highest BCUT2D eigenvalue weighted by molar-refractivity contribution is 6.07. The molecule has 1 saturated heterocycles. The Hall–Kier alpha value is -2.87. The van der Waals surface area contributed by atoms with Crippen molar-refractivity contribution in [3.8, 4) is 0 Å². The van der Waals surface area contributed by atoms with Crippen molar-refractivity contribution in [3.05, 3.63) is 46.8 Å². The smallest absolute Gasteiger partial charge is 0.307 e. The monoisotopic (exact) mass is 412 g/mol. The van der Waals surface area contributed by atoms with E-state index in [-0.39, 0.29) is 17.7 Å². The predicted octanol–water partition coefficient (Wildman–Crippen LogP) is 2.82. The minimum Gasteiger partial charge on any atom is -0.459 e. The van der Waals surface area contributed by atoms with Gasteiger partial charge in [0.05, 0.1) is 12.0 Å². The number of amides is 2. The van der Waals surface area contributed by atoms with Crippen LogP contribution in [0.3, 0.4) is 0 Å². The molecule has 1 N–H and O–H groups in total. The van der Waals surface area contributed by atoms with E-state index in [1.807, 2.05) is 18.9 Å². The van der Waals surface area contributed by atoms with Crippen LogP contribution in [0.1, 0.15) is 63.7 Å². The van der Waals surface area contributed by atoms with Crippen molar-refractivity contribution in [2.45, 2.75) is 45.1 Å². The zero-order chi connectivity index (χ0) is 21.3. The second-order valence-corrected chi connectivity index (χ2v) is 8.14. The quantitative estimate of drug-likeness (QED) is 0.780. The summed E-state index contributed by atoms with van der Waals surface area (Å²) >= 11 is 0. The largest absolute Gasteiger partial charge is 0.459 e. The normalized spacial score (nSPS) is 19.0. The van der Waals surface area contributed by atoms with E-state index in [0.29, 0.717) is 12.2 Å². The van der Waals surface area contributed by atoms with Crippen LogP contribution in [-0.4, -0.2) is 60.6 Å². The number of hydrazone groups is 1. The van der Waals surface area contributed by atoms with Crippen molar-refractivity contribution < 1.29 is 18.4 Å². The van der Waals surface area contributed by atoms with Crippen molar-refractivity contribution in [3.63, 3.8) is 0 Å². The van der Waals surface area contributed by atoms with Gasteiger partial charge < -0.3 is 18.6 Å². The van der Waals surface area contributed by atoms with Crippen LogP contribution < -0.4 is 5.43 Å². The Kier molecular flexibility index (Phi) is 5.76. The average Bonchev–Trinajstić information content (AvgIpc) is 3.40. The molecule has 2 aliphatic rings. The molecule has 8 nitrogen and oxygen atoms in total. The number of carbonyl (C=O) groups is 2. The molecule has 0 unspecified atom stereocenters. The lowest BCUT2D eigenvalue weighted by Crippen LogP contribution is -2.44. The topological polar surface area (TPSA) is 91.3 Å². The van der Waals surface area contributed by atoms with Crippen molar-refractivity contribution in [2.24, 2.45) is 5.10 Å². The van der Waals surface area contributed by atoms with Gasteiger partial charge in [0.15, 0.2) is 11.5 Å². The molecule has 0 saturated carbocycles. The molecule has 8 heteroatoms. The molecule has 0 atom stereocenters. The lowest BCUT2D eigenvalue weighted by atomic mass is 9.93. The summed E-state index contributed by atoms with van der Waals surface area (Å²) in [4.78, 5) is 29.4. The Morgan fingerprint density at radius 2 is 2.03 bits per heavy atom. The van der Waals surface area contributed by atoms with Gasteiger partial charge in [0.1, 0.15) is 5.76 Å². The van der Waals surface area contributed by atoms with E-state index in [0.717, 1.165) is 61.4 Å². The van der Waals surface area contributed by atoms with Gasteiger partial charge in [-0.25, -0.2) is 5.43 Å². The number of fused-ring (bicyclic) bond motifs is 1. The summed E-state index contributed by atoms with van der Waals surface area (Å²) in [5.41, 5.74) is 4.93. The van der Waals surface area contributed by atoms with Crippen LogP contribution in [0.4, 0.5) is 0 Å². The molecule has 1 fully saturated rings. The van der Waals surface area contributed by atoms with Crippen LogP contribution in [0.5, 0.6) is 0 Å². The van der Waals surface area contributed by atoms with Crippen molar-refractivity contribution >= 4 is 17.5 Å². The standard InChI is InChI=1S/C22H28N4O4/c1-14-19-16(23-24-21(27)18-8-5-13-29-18)6-4-7-17(19)30-20(14)22(28)26(3)15-9-11-25(2)12-10-15/h5,8,13,15H,4,6-7,9-12H2,1-3H3,(H,24,27)/b23-16+. The fourth-order valence-corrected chi connectivity index (χ4v) is 4.27. The molecule has 2 amide bonds. The molecule has 4 rings (SSSR count). The Bertz CT molecular complexity index is 952. The van der Waals surface area contributed by atoms with Gasteiger partial charge in [0.2, 0.25) is 0 Å². The Labute approximate surface area is 175 Å². The lowest BCUT2D eigenvalue weighted by Gasteiger charge is -2.34. The molecule has 0 bridgehead atoms. The minimum atomic E-state index is -0.404. The van der Waals surface area contributed by atoms with Gasteiger partial charge in [-0.1, -0.05) is 0 Å². The SMILES string of the molecule is Cc1c(C(=O)N(C)C2CCN(C)CC2)oc2c1/C(=N/NC(=O)c1ccco1)CCC2. The van der Waals surface area contributed by atoms with Crippen LogP contribution >= 0.6 is 0 Å². The number of likely N-dealkylation sites (tertiary alicyclic amines) is 1. The number of hydrogen-bond acceptors (Lipinski definition) is 6. The highest BCUT2D eigenvalue weighted by Gasteiger charge is 2.32. The molecule has 1 aliphatic carbocycles. The van der Waals surface area contributed by atoms with Gasteiger partial charge in [0.25, 0.3) is 5.91 Å². The maximum Gasteiger partial charge on any atom is 0.307 e. The van der Waals surface area contributed by atoms with Crippen LogP contribution in [-0.2, 0) is 6.42 Å². The fraction of sp³-hybridized carbons (Fsp3) is 0.500. The fourth-order valence-electron chi connectivity index (χ4n) is 4.27. The summed E-state index contributed by atoms with van der Waals surface area (Å²) in [5.74, 6) is 0.864. The van der Waals surface area contributed by atoms with Crippen molar-refractivity contribution in [1.82, 2.24) is 15.2 Å². The number of piperidine rings is 1. The van der Waals surface area contributed by atoms with Gasteiger partial charge in [0, 0.05) is 30.6 Å². The molecule has 2 aromatic heterocycles. The Morgan fingerprint density at radius 3 is 2.73 bits per heavy atom. The first-order valence-corrected chi connectivity index (χ1v) is 10.4. The summed E-state index contributed by atoms with van der Waals surface area (Å²) in [5, 5.41) is 4.32. The van der Waals surface area contributed by atoms with Crippen LogP contribution in [0, 0.1) is 6.92 Å². The van der Waals surface area contributed by atoms with Gasteiger partial charge in [-0.15, -0.1) is 0 Å². The third-order valence-electron chi connectivity index (χ3n) is 6.11. The van der Waals surface area contributed by atoms with Gasteiger partial charge >= 0.3 is 5.91 Å². The van der Waals surface area contributed by atoms with Crippen molar-refractivity contribution in [2.75, 3.05) is 27.2 Å². The van der Waals surface area contributed by atoms with E-state index < -0.39 is 5.91 Å². The van der Waals surface area contributed by atoms with Crippen LogP contribution in [0.2, 0.25) is 0 Å². The van der Waals surface area contributed by atoms with Crippen LogP contribution in [0.15, 0.2) is 32.3 Å². The summed E-state index contributed by atoms with van der Waals surface area (Å²) in [7, 11) is 3.96. The third-order valence-corrected chi connectivity index (χ3v) is 6.11. The van der Waals surface area contributed by atoms with Gasteiger partial charge in [-0.05, 0) is 64.9 Å². The van der Waals surface area contributed by atoms with E-state index in [4.69, 9.17) is 8.83 Å². The summed E-state index contributed by atoms with van der Waals surface area (Å²) in [6.45, 7) is 3.87. The van der Waals surface area contributed by atoms with Crippen LogP contribution in [0.25, 0.3) is 0 Å². The highest BCUT2D eigenvalue weighted by Crippen LogP contribution is 2.31. The number of furan rings is 2. The van der Waals surface area contributed by atoms with E-state index in [1.165, 1.54) is 6.26 Å². The first-order chi connectivity index (χ1) is 14.5. The molecule has 30 heavy (non-hydrogen) atoms. The number of nitrogens with one attached hydrogen (secondary N) is 1. The molecule has 0 spiro atoms. The molecule has 0 radical (unpaired) electrons. The molecule has 1 aliphatic heterocycles.